The van der Waals surface area contributed by atoms with Crippen LogP contribution in [0.4, 0.5) is 0 Å². The molecule has 0 radical (unpaired) electrons. The molecule has 0 aliphatic heterocycles. The first kappa shape index (κ1) is 26.2. The van der Waals surface area contributed by atoms with Gasteiger partial charge in [0.25, 0.3) is 0 Å². The summed E-state index contributed by atoms with van der Waals surface area (Å²) in [4.78, 5) is 15.1. The molecule has 0 spiro atoms. The Morgan fingerprint density at radius 3 is 1.76 bits per heavy atom. The molecule has 0 saturated heterocycles. The van der Waals surface area contributed by atoms with Crippen LogP contribution in [0.1, 0.15) is 0 Å². The van der Waals surface area contributed by atoms with E-state index in [-0.39, 0.29) is 0 Å². The first-order valence-corrected chi connectivity index (χ1v) is 15.5. The number of hydrogen-bond acceptors (Lipinski definition) is 3. The molecule has 0 unspecified atom stereocenters. The van der Waals surface area contributed by atoms with E-state index in [9.17, 15) is 0 Å². The summed E-state index contributed by atoms with van der Waals surface area (Å²) in [6.07, 6.45) is 1.97. The minimum Gasteiger partial charge on any atom is -0.256 e. The third-order valence-corrected chi connectivity index (χ3v) is 8.90. The van der Waals surface area contributed by atoms with Gasteiger partial charge in [0, 0.05) is 28.1 Å². The Morgan fingerprint density at radius 2 is 0.935 bits per heavy atom. The SMILES string of the molecule is c1ccc(-c2nc3ccccc3nc2-c2ccc(-c3cccc(-c4ccc5c(c4)ncc4ccccc45)c3)c3ccccc23)cc1. The van der Waals surface area contributed by atoms with E-state index in [0.717, 1.165) is 61.0 Å². The standard InChI is InChI=1S/C43H27N3/c1-2-11-28(12-3-1)42-43(46-40-20-9-8-19-39(40)45-42)38-24-23-34(35-17-6-7-18-36(35)38)31-15-10-14-29(25-31)30-21-22-37-33-16-5-4-13-32(33)27-44-41(37)26-30/h1-27H. The van der Waals surface area contributed by atoms with E-state index < -0.39 is 0 Å². The molecule has 0 bridgehead atoms. The molecule has 0 aliphatic carbocycles. The normalized spacial score (nSPS) is 11.5. The average Bonchev–Trinajstić information content (AvgIpc) is 3.14. The van der Waals surface area contributed by atoms with Gasteiger partial charge in [-0.15, -0.1) is 0 Å². The van der Waals surface area contributed by atoms with Crippen LogP contribution in [0, 0.1) is 0 Å². The summed E-state index contributed by atoms with van der Waals surface area (Å²) in [6, 6.07) is 55.4. The number of pyridine rings is 1. The topological polar surface area (TPSA) is 38.7 Å². The van der Waals surface area contributed by atoms with Crippen molar-refractivity contribution in [3.05, 3.63) is 164 Å². The van der Waals surface area contributed by atoms with E-state index in [2.05, 4.69) is 127 Å². The van der Waals surface area contributed by atoms with E-state index in [1.54, 1.807) is 0 Å². The lowest BCUT2D eigenvalue weighted by atomic mass is 9.91. The lowest BCUT2D eigenvalue weighted by Crippen LogP contribution is -1.96. The van der Waals surface area contributed by atoms with Crippen LogP contribution >= 0.6 is 0 Å². The molecular weight excluding hydrogens is 558 g/mol. The predicted molar refractivity (Wildman–Crippen MR) is 192 cm³/mol. The zero-order valence-corrected chi connectivity index (χ0v) is 24.9. The summed E-state index contributed by atoms with van der Waals surface area (Å²) < 4.78 is 0. The molecule has 3 nitrogen and oxygen atoms in total. The number of rotatable bonds is 4. The highest BCUT2D eigenvalue weighted by molar-refractivity contribution is 6.08. The second kappa shape index (κ2) is 10.8. The molecule has 2 aromatic heterocycles. The second-order valence-corrected chi connectivity index (χ2v) is 11.6. The van der Waals surface area contributed by atoms with Gasteiger partial charge in [0.15, 0.2) is 0 Å². The van der Waals surface area contributed by atoms with Crippen LogP contribution in [0.2, 0.25) is 0 Å². The van der Waals surface area contributed by atoms with Crippen molar-refractivity contribution < 1.29 is 0 Å². The van der Waals surface area contributed by atoms with Crippen LogP contribution in [-0.4, -0.2) is 15.0 Å². The first-order chi connectivity index (χ1) is 22.8. The fourth-order valence-corrected chi connectivity index (χ4v) is 6.65. The maximum atomic E-state index is 5.20. The van der Waals surface area contributed by atoms with Crippen LogP contribution in [-0.2, 0) is 0 Å². The predicted octanol–water partition coefficient (Wildman–Crippen LogP) is 11.2. The van der Waals surface area contributed by atoms with Crippen molar-refractivity contribution in [1.82, 2.24) is 15.0 Å². The molecule has 0 N–H and O–H groups in total. The largest absolute Gasteiger partial charge is 0.256 e. The summed E-state index contributed by atoms with van der Waals surface area (Å²) in [5, 5.41) is 5.88. The highest BCUT2D eigenvalue weighted by atomic mass is 14.8. The molecule has 0 atom stereocenters. The van der Waals surface area contributed by atoms with Gasteiger partial charge in [-0.05, 0) is 62.7 Å². The molecule has 214 valence electrons. The van der Waals surface area contributed by atoms with Gasteiger partial charge in [0.05, 0.1) is 27.9 Å². The number of para-hydroxylation sites is 2. The number of hydrogen-bond donors (Lipinski definition) is 0. The summed E-state index contributed by atoms with van der Waals surface area (Å²) in [5.74, 6) is 0. The van der Waals surface area contributed by atoms with Crippen molar-refractivity contribution >= 4 is 43.5 Å². The van der Waals surface area contributed by atoms with Gasteiger partial charge in [0.1, 0.15) is 0 Å². The molecule has 0 amide bonds. The Labute approximate surface area is 266 Å². The van der Waals surface area contributed by atoms with Crippen molar-refractivity contribution in [3.8, 4) is 44.8 Å². The number of nitrogens with zero attached hydrogens (tertiary/aromatic N) is 3. The quantitative estimate of drug-likeness (QED) is 0.193. The van der Waals surface area contributed by atoms with Gasteiger partial charge in [0.2, 0.25) is 0 Å². The molecule has 46 heavy (non-hydrogen) atoms. The summed E-state index contributed by atoms with van der Waals surface area (Å²) in [7, 11) is 0. The van der Waals surface area contributed by atoms with Crippen LogP contribution in [0.15, 0.2) is 164 Å². The van der Waals surface area contributed by atoms with Crippen molar-refractivity contribution in [3.63, 3.8) is 0 Å². The monoisotopic (exact) mass is 585 g/mol. The third-order valence-electron chi connectivity index (χ3n) is 8.90. The van der Waals surface area contributed by atoms with E-state index in [1.807, 2.05) is 36.5 Å². The Balaban J connectivity index is 1.19. The molecule has 7 aromatic carbocycles. The number of benzene rings is 7. The lowest BCUT2D eigenvalue weighted by molar-refractivity contribution is 1.30. The van der Waals surface area contributed by atoms with Crippen molar-refractivity contribution in [2.24, 2.45) is 0 Å². The lowest BCUT2D eigenvalue weighted by Gasteiger charge is -2.15. The minimum absolute atomic E-state index is 0.885. The Hall–Kier alpha value is -6.19. The van der Waals surface area contributed by atoms with Gasteiger partial charge < -0.3 is 0 Å². The van der Waals surface area contributed by atoms with Crippen molar-refractivity contribution in [1.29, 1.82) is 0 Å². The van der Waals surface area contributed by atoms with E-state index >= 15 is 0 Å². The van der Waals surface area contributed by atoms with E-state index in [1.165, 1.54) is 27.3 Å². The van der Waals surface area contributed by atoms with E-state index in [0.29, 0.717) is 0 Å². The molecule has 0 aliphatic rings. The van der Waals surface area contributed by atoms with Crippen molar-refractivity contribution in [2.75, 3.05) is 0 Å². The molecule has 9 rings (SSSR count). The second-order valence-electron chi connectivity index (χ2n) is 11.6. The average molecular weight is 586 g/mol. The van der Waals surface area contributed by atoms with Gasteiger partial charge in [-0.25, -0.2) is 9.97 Å². The molecular formula is C43H27N3. The molecule has 3 heteroatoms. The first-order valence-electron chi connectivity index (χ1n) is 15.5. The Morgan fingerprint density at radius 1 is 0.326 bits per heavy atom. The fourth-order valence-electron chi connectivity index (χ4n) is 6.65. The van der Waals surface area contributed by atoms with Gasteiger partial charge in [-0.2, -0.15) is 0 Å². The van der Waals surface area contributed by atoms with Crippen LogP contribution in [0.3, 0.4) is 0 Å². The highest BCUT2D eigenvalue weighted by Gasteiger charge is 2.17. The zero-order valence-electron chi connectivity index (χ0n) is 24.9. The summed E-state index contributed by atoms with van der Waals surface area (Å²) in [6.45, 7) is 0. The zero-order chi connectivity index (χ0) is 30.5. The maximum Gasteiger partial charge on any atom is 0.0979 e. The number of fused-ring (bicyclic) bond motifs is 5. The van der Waals surface area contributed by atoms with Crippen molar-refractivity contribution in [2.45, 2.75) is 0 Å². The van der Waals surface area contributed by atoms with Crippen LogP contribution in [0.5, 0.6) is 0 Å². The highest BCUT2D eigenvalue weighted by Crippen LogP contribution is 2.40. The molecule has 0 saturated carbocycles. The van der Waals surface area contributed by atoms with Crippen LogP contribution < -0.4 is 0 Å². The fraction of sp³-hybridized carbons (Fsp3) is 0. The third kappa shape index (κ3) is 4.41. The van der Waals surface area contributed by atoms with E-state index in [4.69, 9.17) is 15.0 Å². The Bertz CT molecular complexity index is 2590. The van der Waals surface area contributed by atoms with Gasteiger partial charge in [-0.1, -0.05) is 133 Å². The van der Waals surface area contributed by atoms with Gasteiger partial charge >= 0.3 is 0 Å². The smallest absolute Gasteiger partial charge is 0.0979 e. The van der Waals surface area contributed by atoms with Gasteiger partial charge in [-0.3, -0.25) is 4.98 Å². The Kier molecular flexibility index (Phi) is 6.14. The van der Waals surface area contributed by atoms with Crippen LogP contribution in [0.25, 0.3) is 88.2 Å². The minimum atomic E-state index is 0.885. The molecule has 9 aromatic rings. The molecule has 2 heterocycles. The summed E-state index contributed by atoms with van der Waals surface area (Å²) in [5.41, 5.74) is 11.3. The number of aromatic nitrogens is 3. The molecule has 0 fully saturated rings. The maximum absolute atomic E-state index is 5.20. The summed E-state index contributed by atoms with van der Waals surface area (Å²) >= 11 is 0.